The van der Waals surface area contributed by atoms with Crippen molar-refractivity contribution < 1.29 is 9.59 Å². The van der Waals surface area contributed by atoms with Gasteiger partial charge in [-0.2, -0.15) is 0 Å². The minimum Gasteiger partial charge on any atom is -0.352 e. The van der Waals surface area contributed by atoms with E-state index in [4.69, 9.17) is 0 Å². The van der Waals surface area contributed by atoms with Gasteiger partial charge in [0.2, 0.25) is 11.9 Å². The molecule has 0 spiro atoms. The summed E-state index contributed by atoms with van der Waals surface area (Å²) < 4.78 is 0. The molecule has 1 fully saturated rings. The fraction of sp³-hybridized carbons (Fsp3) is 0.600. The number of nitrogens with zero attached hydrogens (tertiary/aromatic N) is 4. The number of aromatic nitrogens is 2. The third-order valence-electron chi connectivity index (χ3n) is 3.87. The Morgan fingerprint density at radius 2 is 1.91 bits per heavy atom. The van der Waals surface area contributed by atoms with E-state index < -0.39 is 0 Å². The predicted octanol–water partition coefficient (Wildman–Crippen LogP) is 0.991. The lowest BCUT2D eigenvalue weighted by Crippen LogP contribution is -2.50. The van der Waals surface area contributed by atoms with Gasteiger partial charge in [-0.25, -0.2) is 9.97 Å². The van der Waals surface area contributed by atoms with Gasteiger partial charge in [0.05, 0.1) is 0 Å². The topological polar surface area (TPSA) is 78.4 Å². The maximum Gasteiger partial charge on any atom is 0.272 e. The first kappa shape index (κ1) is 16.2. The van der Waals surface area contributed by atoms with Gasteiger partial charge in [-0.05, 0) is 19.4 Å². The van der Waals surface area contributed by atoms with E-state index in [9.17, 15) is 9.59 Å². The number of carbonyl (C=O) groups is 2. The second-order valence-electron chi connectivity index (χ2n) is 5.52. The lowest BCUT2D eigenvalue weighted by Gasteiger charge is -2.34. The van der Waals surface area contributed by atoms with Gasteiger partial charge in [0.1, 0.15) is 5.69 Å². The molecule has 1 atom stereocenters. The molecule has 0 aliphatic carbocycles. The van der Waals surface area contributed by atoms with Crippen molar-refractivity contribution in [2.45, 2.75) is 33.2 Å². The van der Waals surface area contributed by atoms with E-state index in [0.29, 0.717) is 37.8 Å². The average molecular weight is 305 g/mol. The van der Waals surface area contributed by atoms with Gasteiger partial charge < -0.3 is 15.1 Å². The van der Waals surface area contributed by atoms with Crippen LogP contribution < -0.4 is 5.32 Å². The van der Waals surface area contributed by atoms with Gasteiger partial charge in [0.25, 0.3) is 5.91 Å². The quantitative estimate of drug-likeness (QED) is 0.897. The van der Waals surface area contributed by atoms with Crippen LogP contribution >= 0.6 is 0 Å². The van der Waals surface area contributed by atoms with E-state index in [1.54, 1.807) is 29.0 Å². The maximum absolute atomic E-state index is 12.5. The summed E-state index contributed by atoms with van der Waals surface area (Å²) in [6.45, 7) is 7.89. The summed E-state index contributed by atoms with van der Waals surface area (Å²) in [5, 5.41) is 3.17. The van der Waals surface area contributed by atoms with E-state index >= 15 is 0 Å². The van der Waals surface area contributed by atoms with Gasteiger partial charge in [0, 0.05) is 45.3 Å². The molecule has 7 heteroatoms. The molecule has 1 N–H and O–H groups in total. The van der Waals surface area contributed by atoms with Crippen LogP contribution in [0.1, 0.15) is 37.7 Å². The van der Waals surface area contributed by atoms with Crippen molar-refractivity contribution in [3.8, 4) is 0 Å². The van der Waals surface area contributed by atoms with Crippen molar-refractivity contribution in [2.24, 2.45) is 0 Å². The molecule has 0 radical (unpaired) electrons. The second kappa shape index (κ2) is 7.20. The summed E-state index contributed by atoms with van der Waals surface area (Å²) >= 11 is 0. The summed E-state index contributed by atoms with van der Waals surface area (Å²) in [6.07, 6.45) is 2.55. The molecule has 1 aliphatic rings. The molecular formula is C15H23N5O2. The Bertz CT molecular complexity index is 540. The van der Waals surface area contributed by atoms with Crippen LogP contribution in [0.5, 0.6) is 0 Å². The Balaban J connectivity index is 2.01. The van der Waals surface area contributed by atoms with Crippen LogP contribution in [0, 0.1) is 0 Å². The number of amides is 2. The highest BCUT2D eigenvalue weighted by Gasteiger charge is 2.24. The van der Waals surface area contributed by atoms with Crippen molar-refractivity contribution in [2.75, 3.05) is 31.5 Å². The van der Waals surface area contributed by atoms with Crippen molar-refractivity contribution >= 4 is 17.8 Å². The van der Waals surface area contributed by atoms with Crippen molar-refractivity contribution in [1.82, 2.24) is 19.8 Å². The summed E-state index contributed by atoms with van der Waals surface area (Å²) in [5.41, 5.74) is 0.386. The molecular weight excluding hydrogens is 282 g/mol. The Morgan fingerprint density at radius 1 is 1.27 bits per heavy atom. The van der Waals surface area contributed by atoms with Gasteiger partial charge in [-0.1, -0.05) is 6.92 Å². The summed E-state index contributed by atoms with van der Waals surface area (Å²) in [7, 11) is 0. The van der Waals surface area contributed by atoms with E-state index in [2.05, 4.69) is 22.2 Å². The Hall–Kier alpha value is -2.18. The maximum atomic E-state index is 12.5. The predicted molar refractivity (Wildman–Crippen MR) is 83.6 cm³/mol. The first-order valence-corrected chi connectivity index (χ1v) is 7.65. The van der Waals surface area contributed by atoms with Gasteiger partial charge >= 0.3 is 0 Å². The third kappa shape index (κ3) is 3.93. The average Bonchev–Trinajstić information content (AvgIpc) is 2.54. The summed E-state index contributed by atoms with van der Waals surface area (Å²) in [5.74, 6) is 0.412. The molecule has 7 nitrogen and oxygen atoms in total. The number of nitrogens with one attached hydrogen (secondary N) is 1. The minimum absolute atomic E-state index is 0.0502. The molecule has 2 rings (SSSR count). The van der Waals surface area contributed by atoms with Gasteiger partial charge in [-0.3, -0.25) is 9.59 Å². The van der Waals surface area contributed by atoms with Gasteiger partial charge in [0.15, 0.2) is 0 Å². The molecule has 1 aliphatic heterocycles. The van der Waals surface area contributed by atoms with Crippen LogP contribution in [-0.4, -0.2) is 63.8 Å². The van der Waals surface area contributed by atoms with E-state index in [1.807, 2.05) is 6.92 Å². The van der Waals surface area contributed by atoms with Crippen LogP contribution in [0.15, 0.2) is 12.3 Å². The highest BCUT2D eigenvalue weighted by Crippen LogP contribution is 2.09. The van der Waals surface area contributed by atoms with Crippen molar-refractivity contribution in [3.63, 3.8) is 0 Å². The molecule has 0 saturated carbocycles. The van der Waals surface area contributed by atoms with Crippen molar-refractivity contribution in [1.29, 1.82) is 0 Å². The van der Waals surface area contributed by atoms with Crippen LogP contribution in [-0.2, 0) is 4.79 Å². The Labute approximate surface area is 130 Å². The lowest BCUT2D eigenvalue weighted by molar-refractivity contribution is -0.130. The Morgan fingerprint density at radius 3 is 2.50 bits per heavy atom. The molecule has 2 heterocycles. The molecule has 1 unspecified atom stereocenters. The summed E-state index contributed by atoms with van der Waals surface area (Å²) in [4.78, 5) is 35.7. The molecule has 120 valence electrons. The second-order valence-corrected chi connectivity index (χ2v) is 5.52. The fourth-order valence-electron chi connectivity index (χ4n) is 2.26. The van der Waals surface area contributed by atoms with E-state index in [0.717, 1.165) is 6.42 Å². The molecule has 1 saturated heterocycles. The summed E-state index contributed by atoms with van der Waals surface area (Å²) in [6, 6.07) is 1.88. The van der Waals surface area contributed by atoms with E-state index in [1.165, 1.54) is 0 Å². The monoisotopic (exact) mass is 305 g/mol. The first-order valence-electron chi connectivity index (χ1n) is 7.65. The van der Waals surface area contributed by atoms with Gasteiger partial charge in [-0.15, -0.1) is 0 Å². The fourth-order valence-corrected chi connectivity index (χ4v) is 2.26. The lowest BCUT2D eigenvalue weighted by atomic mass is 10.2. The molecule has 0 bridgehead atoms. The Kier molecular flexibility index (Phi) is 5.30. The zero-order chi connectivity index (χ0) is 16.1. The standard InChI is InChI=1S/C15H23N5O2/c1-4-11(2)17-15-16-6-5-13(18-15)14(22)20-9-7-19(8-10-20)12(3)21/h5-6,11H,4,7-10H2,1-3H3,(H,16,17,18). The van der Waals surface area contributed by atoms with Crippen LogP contribution in [0.2, 0.25) is 0 Å². The van der Waals surface area contributed by atoms with Crippen LogP contribution in [0.4, 0.5) is 5.95 Å². The SMILES string of the molecule is CCC(C)Nc1nccc(C(=O)N2CCN(C(C)=O)CC2)n1. The largest absolute Gasteiger partial charge is 0.352 e. The number of rotatable bonds is 4. The molecule has 22 heavy (non-hydrogen) atoms. The number of hydrogen-bond acceptors (Lipinski definition) is 5. The van der Waals surface area contributed by atoms with Crippen LogP contribution in [0.25, 0.3) is 0 Å². The molecule has 1 aromatic heterocycles. The third-order valence-corrected chi connectivity index (χ3v) is 3.87. The zero-order valence-electron chi connectivity index (χ0n) is 13.4. The molecule has 1 aromatic rings. The smallest absolute Gasteiger partial charge is 0.272 e. The molecule has 2 amide bonds. The minimum atomic E-state index is -0.113. The normalized spacial score (nSPS) is 16.3. The number of anilines is 1. The molecule has 0 aromatic carbocycles. The van der Waals surface area contributed by atoms with Crippen molar-refractivity contribution in [3.05, 3.63) is 18.0 Å². The highest BCUT2D eigenvalue weighted by atomic mass is 16.2. The number of carbonyl (C=O) groups excluding carboxylic acids is 2. The zero-order valence-corrected chi connectivity index (χ0v) is 13.4. The van der Waals surface area contributed by atoms with E-state index in [-0.39, 0.29) is 17.9 Å². The highest BCUT2D eigenvalue weighted by molar-refractivity contribution is 5.92. The number of piperazine rings is 1. The first-order chi connectivity index (χ1) is 10.5. The van der Waals surface area contributed by atoms with Crippen LogP contribution in [0.3, 0.4) is 0 Å². The number of hydrogen-bond donors (Lipinski definition) is 1.